The van der Waals surface area contributed by atoms with Gasteiger partial charge >= 0.3 is 0 Å². The van der Waals surface area contributed by atoms with Crippen molar-refractivity contribution in [3.63, 3.8) is 0 Å². The van der Waals surface area contributed by atoms with Crippen molar-refractivity contribution in [1.29, 1.82) is 0 Å². The van der Waals surface area contributed by atoms with E-state index in [1.54, 1.807) is 6.07 Å². The second-order valence-corrected chi connectivity index (χ2v) is 6.87. The van der Waals surface area contributed by atoms with Crippen LogP contribution in [0.5, 0.6) is 0 Å². The highest BCUT2D eigenvalue weighted by Gasteiger charge is 2.23. The maximum atomic E-state index is 11.4. The Bertz CT molecular complexity index is 931. The average molecular weight is 351 g/mol. The van der Waals surface area contributed by atoms with Crippen LogP contribution in [0.25, 0.3) is 10.9 Å². The molecular formula is C19H21N5O2. The molecule has 0 N–H and O–H groups in total. The molecule has 3 aromatic rings. The number of aryl methyl sites for hydroxylation is 1. The van der Waals surface area contributed by atoms with E-state index in [0.717, 1.165) is 49.2 Å². The molecule has 7 nitrogen and oxygen atoms in total. The number of non-ortho nitro benzene ring substituents is 1. The maximum Gasteiger partial charge on any atom is 0.295 e. The lowest BCUT2D eigenvalue weighted by Crippen LogP contribution is -2.35. The number of nitrogens with zero attached hydrogens (tertiary/aromatic N) is 5. The van der Waals surface area contributed by atoms with Crippen molar-refractivity contribution in [2.45, 2.75) is 26.3 Å². The molecule has 134 valence electrons. The number of pyridine rings is 1. The monoisotopic (exact) mass is 351 g/mol. The lowest BCUT2D eigenvalue weighted by Gasteiger charge is -2.34. The summed E-state index contributed by atoms with van der Waals surface area (Å²) in [5.41, 5.74) is 2.40. The lowest BCUT2D eigenvalue weighted by atomic mass is 9.96. The quantitative estimate of drug-likeness (QED) is 0.530. The van der Waals surface area contributed by atoms with Gasteiger partial charge in [0.25, 0.3) is 5.69 Å². The minimum absolute atomic E-state index is 0.0704. The molecule has 0 spiro atoms. The van der Waals surface area contributed by atoms with Crippen molar-refractivity contribution in [1.82, 2.24) is 14.8 Å². The first-order chi connectivity index (χ1) is 12.6. The smallest absolute Gasteiger partial charge is 0.295 e. The molecule has 0 unspecified atom stereocenters. The molecule has 26 heavy (non-hydrogen) atoms. The molecular weight excluding hydrogens is 330 g/mol. The van der Waals surface area contributed by atoms with Gasteiger partial charge in [-0.25, -0.2) is 4.98 Å². The minimum Gasteiger partial charge on any atom is -0.371 e. The zero-order valence-electron chi connectivity index (χ0n) is 14.7. The number of benzene rings is 1. The second-order valence-electron chi connectivity index (χ2n) is 6.87. The third-order valence-corrected chi connectivity index (χ3v) is 5.08. The maximum absolute atomic E-state index is 11.4. The van der Waals surface area contributed by atoms with Gasteiger partial charge in [0.1, 0.15) is 0 Å². The van der Waals surface area contributed by atoms with Crippen LogP contribution in [0.3, 0.4) is 0 Å². The molecule has 0 radical (unpaired) electrons. The van der Waals surface area contributed by atoms with Crippen LogP contribution in [-0.4, -0.2) is 32.8 Å². The number of aromatic nitrogens is 3. The molecule has 0 atom stereocenters. The first-order valence-corrected chi connectivity index (χ1v) is 8.89. The molecule has 3 heterocycles. The third kappa shape index (κ3) is 3.12. The largest absolute Gasteiger partial charge is 0.371 e. The number of rotatable bonds is 4. The molecule has 0 bridgehead atoms. The van der Waals surface area contributed by atoms with Gasteiger partial charge in [-0.3, -0.25) is 14.8 Å². The predicted octanol–water partition coefficient (Wildman–Crippen LogP) is 3.56. The average Bonchev–Trinajstić information content (AvgIpc) is 3.14. The van der Waals surface area contributed by atoms with E-state index in [1.165, 1.54) is 6.07 Å². The van der Waals surface area contributed by atoms with Crippen molar-refractivity contribution in [3.8, 4) is 0 Å². The van der Waals surface area contributed by atoms with Gasteiger partial charge in [-0.15, -0.1) is 0 Å². The number of nitro groups is 1. The third-order valence-electron chi connectivity index (χ3n) is 5.08. The van der Waals surface area contributed by atoms with E-state index in [4.69, 9.17) is 0 Å². The van der Waals surface area contributed by atoms with Gasteiger partial charge in [-0.2, -0.15) is 5.10 Å². The Morgan fingerprint density at radius 2 is 2.08 bits per heavy atom. The molecule has 1 aliphatic rings. The zero-order chi connectivity index (χ0) is 18.1. The number of anilines is 1. The van der Waals surface area contributed by atoms with E-state index in [-0.39, 0.29) is 10.6 Å². The summed E-state index contributed by atoms with van der Waals surface area (Å²) < 4.78 is 2.00. The Morgan fingerprint density at radius 3 is 2.77 bits per heavy atom. The van der Waals surface area contributed by atoms with Gasteiger partial charge in [0, 0.05) is 54.9 Å². The molecule has 1 aliphatic heterocycles. The summed E-state index contributed by atoms with van der Waals surface area (Å²) in [4.78, 5) is 17.8. The number of piperidine rings is 1. The fourth-order valence-corrected chi connectivity index (χ4v) is 3.78. The molecule has 2 aromatic heterocycles. The van der Waals surface area contributed by atoms with Crippen LogP contribution in [0, 0.1) is 23.0 Å². The fourth-order valence-electron chi connectivity index (χ4n) is 3.78. The summed E-state index contributed by atoms with van der Waals surface area (Å²) in [6, 6.07) is 9.19. The zero-order valence-corrected chi connectivity index (χ0v) is 14.7. The first kappa shape index (κ1) is 16.5. The highest BCUT2D eigenvalue weighted by Crippen LogP contribution is 2.34. The van der Waals surface area contributed by atoms with E-state index < -0.39 is 0 Å². The molecule has 0 amide bonds. The summed E-state index contributed by atoms with van der Waals surface area (Å²) in [6.45, 7) is 4.72. The number of hydrogen-bond donors (Lipinski definition) is 0. The Labute approximate surface area is 151 Å². The van der Waals surface area contributed by atoms with Crippen LogP contribution >= 0.6 is 0 Å². The van der Waals surface area contributed by atoms with Crippen LogP contribution in [0.2, 0.25) is 0 Å². The van der Waals surface area contributed by atoms with Gasteiger partial charge in [0.2, 0.25) is 0 Å². The topological polar surface area (TPSA) is 77.1 Å². The van der Waals surface area contributed by atoms with E-state index in [2.05, 4.69) is 15.0 Å². The molecule has 0 saturated carbocycles. The van der Waals surface area contributed by atoms with Crippen LogP contribution in [-0.2, 0) is 6.54 Å². The van der Waals surface area contributed by atoms with Crippen LogP contribution in [0.4, 0.5) is 11.4 Å². The fraction of sp³-hybridized carbons (Fsp3) is 0.368. The normalized spacial score (nSPS) is 15.5. The Balaban J connectivity index is 1.59. The van der Waals surface area contributed by atoms with Crippen molar-refractivity contribution in [3.05, 3.63) is 58.5 Å². The second kappa shape index (κ2) is 6.74. The summed E-state index contributed by atoms with van der Waals surface area (Å²) in [5.74, 6) is 0.606. The SMILES string of the molecule is Cc1cc(N2CCC(Cn3cccn3)CC2)c2cccc([N+](=O)[O-])c2n1. The number of para-hydroxylation sites is 1. The summed E-state index contributed by atoms with van der Waals surface area (Å²) in [7, 11) is 0. The summed E-state index contributed by atoms with van der Waals surface area (Å²) in [6.07, 6.45) is 5.98. The number of fused-ring (bicyclic) bond motifs is 1. The van der Waals surface area contributed by atoms with E-state index >= 15 is 0 Å². The van der Waals surface area contributed by atoms with Crippen molar-refractivity contribution in [2.24, 2.45) is 5.92 Å². The summed E-state index contributed by atoms with van der Waals surface area (Å²) in [5, 5.41) is 16.5. The predicted molar refractivity (Wildman–Crippen MR) is 100 cm³/mol. The van der Waals surface area contributed by atoms with Crippen LogP contribution in [0.1, 0.15) is 18.5 Å². The highest BCUT2D eigenvalue weighted by atomic mass is 16.6. The number of nitro benzene ring substituents is 1. The lowest BCUT2D eigenvalue weighted by molar-refractivity contribution is -0.383. The van der Waals surface area contributed by atoms with Gasteiger partial charge in [-0.1, -0.05) is 12.1 Å². The molecule has 0 aliphatic carbocycles. The Kier molecular flexibility index (Phi) is 4.28. The standard InChI is InChI=1S/C19H21N5O2/c1-14-12-18(16-4-2-5-17(24(25)26)19(16)21-14)22-10-6-15(7-11-22)13-23-9-3-8-20-23/h2-5,8-9,12,15H,6-7,10-11,13H2,1H3. The molecule has 1 aromatic carbocycles. The van der Waals surface area contributed by atoms with Gasteiger partial charge in [0.15, 0.2) is 5.52 Å². The first-order valence-electron chi connectivity index (χ1n) is 8.89. The molecule has 4 rings (SSSR count). The van der Waals surface area contributed by atoms with Gasteiger partial charge in [0.05, 0.1) is 4.92 Å². The Morgan fingerprint density at radius 1 is 1.27 bits per heavy atom. The number of hydrogen-bond acceptors (Lipinski definition) is 5. The van der Waals surface area contributed by atoms with Crippen LogP contribution in [0.15, 0.2) is 42.7 Å². The van der Waals surface area contributed by atoms with E-state index in [0.29, 0.717) is 11.4 Å². The van der Waals surface area contributed by atoms with Crippen molar-refractivity contribution < 1.29 is 4.92 Å². The van der Waals surface area contributed by atoms with Gasteiger partial charge in [-0.05, 0) is 37.8 Å². The van der Waals surface area contributed by atoms with Crippen molar-refractivity contribution >= 4 is 22.3 Å². The van der Waals surface area contributed by atoms with Gasteiger partial charge < -0.3 is 4.90 Å². The highest BCUT2D eigenvalue weighted by molar-refractivity contribution is 5.97. The van der Waals surface area contributed by atoms with Crippen LogP contribution < -0.4 is 4.90 Å². The molecule has 7 heteroatoms. The Hall–Kier alpha value is -2.96. The minimum atomic E-state index is -0.352. The van der Waals surface area contributed by atoms with Crippen molar-refractivity contribution in [2.75, 3.05) is 18.0 Å². The summed E-state index contributed by atoms with van der Waals surface area (Å²) >= 11 is 0. The van der Waals surface area contributed by atoms with E-state index in [1.807, 2.05) is 42.2 Å². The van der Waals surface area contributed by atoms with E-state index in [9.17, 15) is 10.1 Å². The molecule has 1 saturated heterocycles. The molecule has 1 fully saturated rings.